The van der Waals surface area contributed by atoms with E-state index in [4.69, 9.17) is 0 Å². The molecule has 2 aromatic carbocycles. The Labute approximate surface area is 193 Å². The van der Waals surface area contributed by atoms with Gasteiger partial charge in [-0.3, -0.25) is 9.48 Å². The number of nitrogens with one attached hydrogen (secondary N) is 1. The predicted octanol–water partition coefficient (Wildman–Crippen LogP) is 5.19. The normalized spacial score (nSPS) is 13.7. The van der Waals surface area contributed by atoms with Crippen LogP contribution in [-0.4, -0.2) is 30.3 Å². The molecule has 1 amide bonds. The van der Waals surface area contributed by atoms with E-state index in [1.807, 2.05) is 24.3 Å². The monoisotopic (exact) mass is 458 g/mol. The van der Waals surface area contributed by atoms with Gasteiger partial charge in [0.1, 0.15) is 5.69 Å². The molecule has 1 N–H and O–H groups in total. The summed E-state index contributed by atoms with van der Waals surface area (Å²) in [4.78, 5) is 17.2. The van der Waals surface area contributed by atoms with Crippen molar-refractivity contribution in [3.8, 4) is 0 Å². The standard InChI is InChI=1S/C25H20F2N6O/c26-24(27)21-12-19(16-8-9-16)28-23-13-20(30-33(21)23)25(34)29-22-10-11-32(31-22)14-17-6-3-5-15-4-1-2-7-18(15)17/h1-7,10-13,16,24H,8-9,14H2,(H,29,31,34). The smallest absolute Gasteiger partial charge is 0.280 e. The number of anilines is 1. The third-order valence-electron chi connectivity index (χ3n) is 6.02. The molecule has 1 aliphatic carbocycles. The molecule has 34 heavy (non-hydrogen) atoms. The van der Waals surface area contributed by atoms with Crippen molar-refractivity contribution < 1.29 is 13.6 Å². The molecule has 3 heterocycles. The van der Waals surface area contributed by atoms with Crippen LogP contribution in [-0.2, 0) is 6.54 Å². The molecule has 0 bridgehead atoms. The van der Waals surface area contributed by atoms with E-state index in [0.29, 0.717) is 18.1 Å². The summed E-state index contributed by atoms with van der Waals surface area (Å²) in [5, 5.41) is 13.5. The van der Waals surface area contributed by atoms with Crippen molar-refractivity contribution in [3.05, 3.63) is 89.5 Å². The molecule has 0 unspecified atom stereocenters. The van der Waals surface area contributed by atoms with Crippen LogP contribution in [0.4, 0.5) is 14.6 Å². The van der Waals surface area contributed by atoms with Crippen LogP contribution in [0.2, 0.25) is 0 Å². The zero-order valence-corrected chi connectivity index (χ0v) is 18.0. The minimum Gasteiger partial charge on any atom is -0.304 e. The van der Waals surface area contributed by atoms with Crippen LogP contribution in [0.5, 0.6) is 0 Å². The van der Waals surface area contributed by atoms with Crippen molar-refractivity contribution in [1.29, 1.82) is 0 Å². The van der Waals surface area contributed by atoms with E-state index in [9.17, 15) is 13.6 Å². The van der Waals surface area contributed by atoms with Gasteiger partial charge in [-0.2, -0.15) is 10.2 Å². The van der Waals surface area contributed by atoms with Crippen LogP contribution >= 0.6 is 0 Å². The maximum absolute atomic E-state index is 13.6. The van der Waals surface area contributed by atoms with Gasteiger partial charge in [-0.05, 0) is 35.2 Å². The molecule has 9 heteroatoms. The molecule has 170 valence electrons. The third kappa shape index (κ3) is 3.79. The Morgan fingerprint density at radius 3 is 2.71 bits per heavy atom. The molecule has 5 aromatic rings. The Balaban J connectivity index is 1.23. The Bertz CT molecular complexity index is 1530. The second-order valence-electron chi connectivity index (χ2n) is 8.47. The van der Waals surface area contributed by atoms with E-state index in [1.165, 1.54) is 12.1 Å². The highest BCUT2D eigenvalue weighted by molar-refractivity contribution is 6.03. The lowest BCUT2D eigenvalue weighted by Gasteiger charge is -2.07. The zero-order chi connectivity index (χ0) is 23.2. The Kier molecular flexibility index (Phi) is 4.83. The summed E-state index contributed by atoms with van der Waals surface area (Å²) in [6, 6.07) is 18.7. The maximum atomic E-state index is 13.6. The highest BCUT2D eigenvalue weighted by Crippen LogP contribution is 2.40. The molecule has 7 nitrogen and oxygen atoms in total. The third-order valence-corrected chi connectivity index (χ3v) is 6.02. The largest absolute Gasteiger partial charge is 0.304 e. The number of nitrogens with zero attached hydrogens (tertiary/aromatic N) is 5. The number of fused-ring (bicyclic) bond motifs is 2. The van der Waals surface area contributed by atoms with Crippen LogP contribution < -0.4 is 5.32 Å². The van der Waals surface area contributed by atoms with Gasteiger partial charge in [-0.15, -0.1) is 0 Å². The summed E-state index contributed by atoms with van der Waals surface area (Å²) in [7, 11) is 0. The number of hydrogen-bond acceptors (Lipinski definition) is 4. The lowest BCUT2D eigenvalue weighted by atomic mass is 10.0. The van der Waals surface area contributed by atoms with E-state index in [1.54, 1.807) is 16.9 Å². The fourth-order valence-corrected chi connectivity index (χ4v) is 4.17. The van der Waals surface area contributed by atoms with Crippen LogP contribution in [0.3, 0.4) is 0 Å². The first-order chi connectivity index (χ1) is 16.5. The predicted molar refractivity (Wildman–Crippen MR) is 123 cm³/mol. The average Bonchev–Trinajstić information content (AvgIpc) is 3.45. The van der Waals surface area contributed by atoms with E-state index >= 15 is 0 Å². The number of carbonyl (C=O) groups excluding carboxylic acids is 1. The Morgan fingerprint density at radius 1 is 1.06 bits per heavy atom. The molecular weight excluding hydrogens is 438 g/mol. The molecule has 0 aliphatic heterocycles. The minimum absolute atomic E-state index is 0.00551. The van der Waals surface area contributed by atoms with E-state index < -0.39 is 12.3 Å². The summed E-state index contributed by atoms with van der Waals surface area (Å²) < 4.78 is 30.0. The molecule has 0 radical (unpaired) electrons. The lowest BCUT2D eigenvalue weighted by Crippen LogP contribution is -2.14. The van der Waals surface area contributed by atoms with Gasteiger partial charge in [0.05, 0.1) is 6.54 Å². The number of carbonyl (C=O) groups is 1. The van der Waals surface area contributed by atoms with E-state index in [2.05, 4.69) is 38.7 Å². The maximum Gasteiger partial charge on any atom is 0.280 e. The fraction of sp³-hybridized carbons (Fsp3) is 0.200. The van der Waals surface area contributed by atoms with Gasteiger partial charge in [-0.25, -0.2) is 18.3 Å². The number of rotatable bonds is 6. The van der Waals surface area contributed by atoms with Crippen LogP contribution in [0.15, 0.2) is 66.9 Å². The van der Waals surface area contributed by atoms with Crippen LogP contribution in [0, 0.1) is 0 Å². The molecular formula is C25H20F2N6O. The zero-order valence-electron chi connectivity index (χ0n) is 18.0. The van der Waals surface area contributed by atoms with E-state index in [-0.39, 0.29) is 23.0 Å². The number of hydrogen-bond donors (Lipinski definition) is 1. The molecule has 1 fully saturated rings. The van der Waals surface area contributed by atoms with E-state index in [0.717, 1.165) is 33.7 Å². The topological polar surface area (TPSA) is 77.1 Å². The van der Waals surface area contributed by atoms with Crippen molar-refractivity contribution in [2.45, 2.75) is 31.7 Å². The first-order valence-electron chi connectivity index (χ1n) is 11.1. The molecule has 6 rings (SSSR count). The molecule has 1 aliphatic rings. The molecule has 1 saturated carbocycles. The highest BCUT2D eigenvalue weighted by atomic mass is 19.3. The Morgan fingerprint density at radius 2 is 1.88 bits per heavy atom. The number of aromatic nitrogens is 5. The van der Waals surface area contributed by atoms with Crippen molar-refractivity contribution in [2.24, 2.45) is 0 Å². The summed E-state index contributed by atoms with van der Waals surface area (Å²) in [5.41, 5.74) is 1.72. The fourth-order valence-electron chi connectivity index (χ4n) is 4.17. The summed E-state index contributed by atoms with van der Waals surface area (Å²) in [6.07, 6.45) is 0.937. The molecule has 3 aromatic heterocycles. The van der Waals surface area contributed by atoms with Crippen molar-refractivity contribution in [2.75, 3.05) is 5.32 Å². The van der Waals surface area contributed by atoms with Gasteiger partial charge in [0.2, 0.25) is 0 Å². The number of alkyl halides is 2. The second kappa shape index (κ2) is 8.02. The Hall–Kier alpha value is -4.14. The number of halogens is 2. The van der Waals surface area contributed by atoms with Gasteiger partial charge in [0.15, 0.2) is 17.2 Å². The van der Waals surface area contributed by atoms with Crippen LogP contribution in [0.1, 0.15) is 52.6 Å². The van der Waals surface area contributed by atoms with Gasteiger partial charge in [-0.1, -0.05) is 42.5 Å². The quantitative estimate of drug-likeness (QED) is 0.380. The van der Waals surface area contributed by atoms with Crippen molar-refractivity contribution >= 4 is 28.1 Å². The van der Waals surface area contributed by atoms with Gasteiger partial charge >= 0.3 is 0 Å². The minimum atomic E-state index is -2.72. The second-order valence-corrected chi connectivity index (χ2v) is 8.47. The summed E-state index contributed by atoms with van der Waals surface area (Å²) >= 11 is 0. The number of benzene rings is 2. The van der Waals surface area contributed by atoms with Crippen molar-refractivity contribution in [3.63, 3.8) is 0 Å². The summed E-state index contributed by atoms with van der Waals surface area (Å²) in [5.74, 6) is 0.0254. The highest BCUT2D eigenvalue weighted by Gasteiger charge is 2.28. The number of amides is 1. The average molecular weight is 458 g/mol. The van der Waals surface area contributed by atoms with Gasteiger partial charge in [0.25, 0.3) is 12.3 Å². The molecule has 0 spiro atoms. The first kappa shape index (κ1) is 20.5. The van der Waals surface area contributed by atoms with Crippen molar-refractivity contribution in [1.82, 2.24) is 24.4 Å². The molecule has 0 saturated heterocycles. The van der Waals surface area contributed by atoms with Gasteiger partial charge < -0.3 is 5.32 Å². The van der Waals surface area contributed by atoms with Gasteiger partial charge in [0, 0.05) is 29.9 Å². The molecule has 0 atom stereocenters. The first-order valence-corrected chi connectivity index (χ1v) is 11.1. The lowest BCUT2D eigenvalue weighted by molar-refractivity contribution is 0.102. The summed E-state index contributed by atoms with van der Waals surface area (Å²) in [6.45, 7) is 0.539. The SMILES string of the molecule is O=C(Nc1ccn(Cc2cccc3ccccc23)n1)c1cc2nc(C3CC3)cc(C(F)F)n2n1. The van der Waals surface area contributed by atoms with Crippen LogP contribution in [0.25, 0.3) is 16.4 Å².